The van der Waals surface area contributed by atoms with E-state index in [0.717, 1.165) is 37.6 Å². The first-order valence-corrected chi connectivity index (χ1v) is 6.17. The van der Waals surface area contributed by atoms with Gasteiger partial charge < -0.3 is 9.64 Å². The highest BCUT2D eigenvalue weighted by Crippen LogP contribution is 2.18. The fourth-order valence-corrected chi connectivity index (χ4v) is 1.87. The van der Waals surface area contributed by atoms with Crippen molar-refractivity contribution < 1.29 is 4.74 Å². The second-order valence-electron chi connectivity index (χ2n) is 3.95. The molecular weight excluding hydrogens is 222 g/mol. The van der Waals surface area contributed by atoms with Crippen LogP contribution in [0, 0.1) is 0 Å². The van der Waals surface area contributed by atoms with Crippen LogP contribution in [0.25, 0.3) is 0 Å². The van der Waals surface area contributed by atoms with Gasteiger partial charge in [0.1, 0.15) is 5.75 Å². The third kappa shape index (κ3) is 4.42. The lowest BCUT2D eigenvalue weighted by molar-refractivity contribution is 0.312. The number of alkyl halides is 1. The van der Waals surface area contributed by atoms with E-state index in [1.165, 1.54) is 5.56 Å². The minimum atomic E-state index is 0.752. The molecule has 0 spiro atoms. The third-order valence-electron chi connectivity index (χ3n) is 2.56. The molecule has 0 saturated heterocycles. The fraction of sp³-hybridized carbons (Fsp3) is 0.538. The summed E-state index contributed by atoms with van der Waals surface area (Å²) in [5.74, 6) is 1.72. The van der Waals surface area contributed by atoms with Crippen molar-refractivity contribution in [3.8, 4) is 5.75 Å². The van der Waals surface area contributed by atoms with Crippen LogP contribution in [0.3, 0.4) is 0 Å². The minimum Gasteiger partial charge on any atom is -0.496 e. The maximum Gasteiger partial charge on any atom is 0.123 e. The Morgan fingerprint density at radius 1 is 1.25 bits per heavy atom. The van der Waals surface area contributed by atoms with Crippen LogP contribution in [0.5, 0.6) is 5.75 Å². The van der Waals surface area contributed by atoms with Gasteiger partial charge in [-0.25, -0.2) is 0 Å². The van der Waals surface area contributed by atoms with E-state index in [2.05, 4.69) is 18.0 Å². The van der Waals surface area contributed by atoms with E-state index < -0.39 is 0 Å². The van der Waals surface area contributed by atoms with Crippen molar-refractivity contribution in [1.82, 2.24) is 4.90 Å². The molecule has 0 aliphatic rings. The zero-order chi connectivity index (χ0) is 11.8. The topological polar surface area (TPSA) is 12.5 Å². The highest BCUT2D eigenvalue weighted by molar-refractivity contribution is 6.17. The molecule has 0 bridgehead atoms. The zero-order valence-electron chi connectivity index (χ0n) is 10.1. The van der Waals surface area contributed by atoms with Gasteiger partial charge in [0.2, 0.25) is 0 Å². The van der Waals surface area contributed by atoms with Gasteiger partial charge >= 0.3 is 0 Å². The predicted molar refractivity (Wildman–Crippen MR) is 69.3 cm³/mol. The minimum absolute atomic E-state index is 0.752. The van der Waals surface area contributed by atoms with Crippen molar-refractivity contribution in [3.63, 3.8) is 0 Å². The molecule has 1 aromatic carbocycles. The van der Waals surface area contributed by atoms with Crippen LogP contribution in [0.15, 0.2) is 24.3 Å². The molecule has 1 aromatic rings. The van der Waals surface area contributed by atoms with Gasteiger partial charge in [0.25, 0.3) is 0 Å². The number of benzene rings is 1. The van der Waals surface area contributed by atoms with E-state index in [-0.39, 0.29) is 0 Å². The summed E-state index contributed by atoms with van der Waals surface area (Å²) in [6.45, 7) is 2.00. The summed E-state index contributed by atoms with van der Waals surface area (Å²) in [6, 6.07) is 8.15. The molecule has 0 aromatic heterocycles. The Hall–Kier alpha value is -0.730. The van der Waals surface area contributed by atoms with E-state index >= 15 is 0 Å². The van der Waals surface area contributed by atoms with Gasteiger partial charge in [-0.2, -0.15) is 0 Å². The Morgan fingerprint density at radius 2 is 2.00 bits per heavy atom. The molecule has 0 N–H and O–H groups in total. The highest BCUT2D eigenvalue weighted by Gasteiger charge is 2.04. The third-order valence-corrected chi connectivity index (χ3v) is 2.82. The largest absolute Gasteiger partial charge is 0.496 e. The van der Waals surface area contributed by atoms with E-state index in [4.69, 9.17) is 16.3 Å². The Labute approximate surface area is 103 Å². The number of hydrogen-bond donors (Lipinski definition) is 0. The van der Waals surface area contributed by atoms with Gasteiger partial charge in [0.15, 0.2) is 0 Å². The average molecular weight is 242 g/mol. The molecule has 0 unspecified atom stereocenters. The summed E-state index contributed by atoms with van der Waals surface area (Å²) in [5.41, 5.74) is 1.23. The molecule has 0 fully saturated rings. The van der Waals surface area contributed by atoms with E-state index in [9.17, 15) is 0 Å². The monoisotopic (exact) mass is 241 g/mol. The van der Waals surface area contributed by atoms with Crippen LogP contribution in [0.4, 0.5) is 0 Å². The lowest BCUT2D eigenvalue weighted by Gasteiger charge is -2.17. The molecule has 3 heteroatoms. The van der Waals surface area contributed by atoms with Crippen molar-refractivity contribution >= 4 is 11.6 Å². The summed E-state index contributed by atoms with van der Waals surface area (Å²) in [4.78, 5) is 2.30. The number of ether oxygens (including phenoxy) is 1. The van der Waals surface area contributed by atoms with Gasteiger partial charge in [0.05, 0.1) is 7.11 Å². The zero-order valence-corrected chi connectivity index (χ0v) is 10.8. The second kappa shape index (κ2) is 7.53. The highest BCUT2D eigenvalue weighted by atomic mass is 35.5. The molecule has 1 rings (SSSR count). The maximum absolute atomic E-state index is 5.65. The van der Waals surface area contributed by atoms with Crippen molar-refractivity contribution in [1.29, 1.82) is 0 Å². The number of hydrogen-bond acceptors (Lipinski definition) is 2. The van der Waals surface area contributed by atoms with Gasteiger partial charge in [-0.1, -0.05) is 18.2 Å². The number of rotatable bonds is 7. The maximum atomic E-state index is 5.65. The van der Waals surface area contributed by atoms with Gasteiger partial charge in [-0.05, 0) is 32.5 Å². The molecule has 0 atom stereocenters. The Balaban J connectivity index is 2.45. The first-order valence-electron chi connectivity index (χ1n) is 5.64. The van der Waals surface area contributed by atoms with Crippen LogP contribution in [0.1, 0.15) is 18.4 Å². The van der Waals surface area contributed by atoms with E-state index in [1.54, 1.807) is 7.11 Å². The van der Waals surface area contributed by atoms with Gasteiger partial charge in [0, 0.05) is 18.0 Å². The van der Waals surface area contributed by atoms with E-state index in [0.29, 0.717) is 0 Å². The van der Waals surface area contributed by atoms with Crippen molar-refractivity contribution in [3.05, 3.63) is 29.8 Å². The number of methoxy groups -OCH3 is 1. The Bertz CT molecular complexity index is 304. The lowest BCUT2D eigenvalue weighted by Crippen LogP contribution is -2.19. The molecule has 0 amide bonds. The molecule has 16 heavy (non-hydrogen) atoms. The van der Waals surface area contributed by atoms with Gasteiger partial charge in [-0.3, -0.25) is 0 Å². The standard InChI is InChI=1S/C13H20ClNO/c1-15(10-6-5-9-14)11-12-7-3-4-8-13(12)16-2/h3-4,7-8H,5-6,9-11H2,1-2H3. The molecular formula is C13H20ClNO. The summed E-state index contributed by atoms with van der Waals surface area (Å²) < 4.78 is 5.32. The van der Waals surface area contributed by atoms with Crippen LogP contribution >= 0.6 is 11.6 Å². The molecule has 0 aliphatic carbocycles. The lowest BCUT2D eigenvalue weighted by atomic mass is 10.2. The van der Waals surface area contributed by atoms with Crippen molar-refractivity contribution in [2.24, 2.45) is 0 Å². The summed E-state index contributed by atoms with van der Waals surface area (Å²) in [7, 11) is 3.84. The quantitative estimate of drug-likeness (QED) is 0.537. The summed E-state index contributed by atoms with van der Waals surface area (Å²) in [6.07, 6.45) is 2.23. The predicted octanol–water partition coefficient (Wildman–Crippen LogP) is 3.15. The molecule has 90 valence electrons. The first kappa shape index (κ1) is 13.3. The van der Waals surface area contributed by atoms with Crippen molar-refractivity contribution in [2.45, 2.75) is 19.4 Å². The molecule has 2 nitrogen and oxygen atoms in total. The van der Waals surface area contributed by atoms with Crippen LogP contribution in [-0.2, 0) is 6.54 Å². The summed E-state index contributed by atoms with van der Waals surface area (Å²) >= 11 is 5.65. The first-order chi connectivity index (χ1) is 7.77. The normalized spacial score (nSPS) is 10.8. The SMILES string of the molecule is COc1ccccc1CN(C)CCCCCl. The van der Waals surface area contributed by atoms with Gasteiger partial charge in [-0.15, -0.1) is 11.6 Å². The molecule has 0 aliphatic heterocycles. The number of halogens is 1. The van der Waals surface area contributed by atoms with Crippen LogP contribution in [0.2, 0.25) is 0 Å². The van der Waals surface area contributed by atoms with Crippen LogP contribution < -0.4 is 4.74 Å². The molecule has 0 radical (unpaired) electrons. The number of para-hydroxylation sites is 1. The Morgan fingerprint density at radius 3 is 2.69 bits per heavy atom. The fourth-order valence-electron chi connectivity index (χ4n) is 1.68. The average Bonchev–Trinajstić information content (AvgIpc) is 2.30. The Kier molecular flexibility index (Phi) is 6.27. The number of nitrogens with zero attached hydrogens (tertiary/aromatic N) is 1. The second-order valence-corrected chi connectivity index (χ2v) is 4.32. The summed E-state index contributed by atoms with van der Waals surface area (Å²) in [5, 5.41) is 0. The van der Waals surface area contributed by atoms with Crippen LogP contribution in [-0.4, -0.2) is 31.5 Å². The molecule has 0 saturated carbocycles. The molecule has 0 heterocycles. The number of unbranched alkanes of at least 4 members (excludes halogenated alkanes) is 1. The van der Waals surface area contributed by atoms with E-state index in [1.807, 2.05) is 18.2 Å². The smallest absolute Gasteiger partial charge is 0.123 e. The van der Waals surface area contributed by atoms with Crippen molar-refractivity contribution in [2.75, 3.05) is 26.6 Å².